The zero-order valence-corrected chi connectivity index (χ0v) is 20.3. The molecule has 0 unspecified atom stereocenters. The molecular formula is C25H20F4N6O5. The van der Waals surface area contributed by atoms with Crippen molar-refractivity contribution >= 4 is 34.5 Å². The van der Waals surface area contributed by atoms with Gasteiger partial charge in [-0.2, -0.15) is 13.2 Å². The molecule has 208 valence electrons. The van der Waals surface area contributed by atoms with E-state index in [0.717, 1.165) is 24.0 Å². The van der Waals surface area contributed by atoms with Gasteiger partial charge in [0.25, 0.3) is 11.8 Å². The van der Waals surface area contributed by atoms with E-state index in [0.29, 0.717) is 11.4 Å². The molecule has 0 saturated heterocycles. The number of halogens is 4. The highest BCUT2D eigenvalue weighted by Gasteiger charge is 2.34. The number of nitrogens with two attached hydrogens (primary N) is 1. The molecule has 2 amide bonds. The molecule has 5 rings (SSSR count). The van der Waals surface area contributed by atoms with E-state index < -0.39 is 29.4 Å². The number of fused-ring (bicyclic) bond motifs is 2. The second-order valence-electron chi connectivity index (χ2n) is 8.32. The molecule has 0 aliphatic carbocycles. The number of H-pyrrole nitrogens is 1. The zero-order chi connectivity index (χ0) is 29.0. The number of carbonyl (C=O) groups excluding carboxylic acids is 2. The van der Waals surface area contributed by atoms with Crippen LogP contribution in [0.2, 0.25) is 0 Å². The van der Waals surface area contributed by atoms with Crippen LogP contribution in [0.4, 0.5) is 23.2 Å². The first-order valence-corrected chi connectivity index (χ1v) is 11.4. The minimum atomic E-state index is -4.66. The Balaban J connectivity index is 0.000000240. The molecule has 11 nitrogen and oxygen atoms in total. The minimum Gasteiger partial charge on any atom is -0.482 e. The molecule has 0 fully saturated rings. The summed E-state index contributed by atoms with van der Waals surface area (Å²) in [5, 5.41) is 14.6. The largest absolute Gasteiger partial charge is 0.482 e. The Kier molecular flexibility index (Phi) is 7.95. The number of carboxylic acids is 1. The average molecular weight is 560 g/mol. The fourth-order valence-electron chi connectivity index (χ4n) is 3.70. The van der Waals surface area contributed by atoms with Crippen molar-refractivity contribution in [2.75, 3.05) is 11.9 Å². The van der Waals surface area contributed by atoms with E-state index in [1.165, 1.54) is 12.3 Å². The lowest BCUT2D eigenvalue weighted by molar-refractivity contribution is -0.140. The van der Waals surface area contributed by atoms with Crippen molar-refractivity contribution in [2.45, 2.75) is 19.3 Å². The molecule has 0 radical (unpaired) electrons. The lowest BCUT2D eigenvalue weighted by Gasteiger charge is -2.18. The second-order valence-corrected chi connectivity index (χ2v) is 8.32. The van der Waals surface area contributed by atoms with Crippen molar-refractivity contribution in [3.05, 3.63) is 82.7 Å². The SMILES string of the molecule is NCc1ccc(F)c(C(F)(F)F)c1.O=C1COc2ccc(CNC(=O)c3ncnc4c(C(=O)O)c[nH]c34)cc2N1. The van der Waals surface area contributed by atoms with Gasteiger partial charge in [-0.1, -0.05) is 12.1 Å². The number of alkyl halides is 3. The summed E-state index contributed by atoms with van der Waals surface area (Å²) >= 11 is 0. The van der Waals surface area contributed by atoms with Crippen LogP contribution < -0.4 is 21.1 Å². The number of aromatic carboxylic acids is 1. The standard InChI is InChI=1S/C17H13N5O5.C8H7F4N/c23-12-6-27-11-2-1-8(3-10(11)22-12)4-19-16(24)15-14-13(20-7-21-15)9(5-18-14)17(25)26;9-7-2-1-5(4-13)3-6(7)8(10,11)12/h1-3,5,7,18H,4,6H2,(H,19,24)(H,22,23)(H,25,26);1-3H,4,13H2. The van der Waals surface area contributed by atoms with Crippen LogP contribution >= 0.6 is 0 Å². The molecule has 0 atom stereocenters. The van der Waals surface area contributed by atoms with E-state index in [9.17, 15) is 31.9 Å². The molecule has 2 aromatic carbocycles. The Morgan fingerprint density at radius 1 is 1.12 bits per heavy atom. The van der Waals surface area contributed by atoms with Gasteiger partial charge >= 0.3 is 12.1 Å². The molecule has 2 aromatic heterocycles. The maximum atomic E-state index is 12.6. The monoisotopic (exact) mass is 560 g/mol. The molecule has 1 aliphatic rings. The van der Waals surface area contributed by atoms with Crippen LogP contribution in [-0.4, -0.2) is 44.4 Å². The summed E-state index contributed by atoms with van der Waals surface area (Å²) < 4.78 is 54.2. The van der Waals surface area contributed by atoms with Crippen LogP contribution in [0.3, 0.4) is 0 Å². The number of hydrogen-bond acceptors (Lipinski definition) is 7. The van der Waals surface area contributed by atoms with Crippen LogP contribution in [0.25, 0.3) is 11.0 Å². The van der Waals surface area contributed by atoms with Crippen LogP contribution in [-0.2, 0) is 24.1 Å². The van der Waals surface area contributed by atoms with Crippen LogP contribution in [0, 0.1) is 5.82 Å². The third-order valence-electron chi connectivity index (χ3n) is 5.61. The number of anilines is 1. The topological polar surface area (TPSA) is 172 Å². The van der Waals surface area contributed by atoms with Crippen molar-refractivity contribution in [1.82, 2.24) is 20.3 Å². The van der Waals surface area contributed by atoms with Gasteiger partial charge in [-0.15, -0.1) is 0 Å². The fraction of sp³-hybridized carbons (Fsp3) is 0.160. The van der Waals surface area contributed by atoms with Crippen molar-refractivity contribution in [3.8, 4) is 5.75 Å². The number of nitrogens with zero attached hydrogens (tertiary/aromatic N) is 2. The molecule has 4 aromatic rings. The lowest BCUT2D eigenvalue weighted by Crippen LogP contribution is -2.26. The predicted molar refractivity (Wildman–Crippen MR) is 132 cm³/mol. The molecule has 15 heteroatoms. The summed E-state index contributed by atoms with van der Waals surface area (Å²) in [4.78, 5) is 45.7. The summed E-state index contributed by atoms with van der Waals surface area (Å²) in [6, 6.07) is 7.90. The molecule has 6 N–H and O–H groups in total. The first kappa shape index (κ1) is 28.0. The van der Waals surface area contributed by atoms with E-state index in [2.05, 4.69) is 25.6 Å². The Bertz CT molecular complexity index is 1600. The predicted octanol–water partition coefficient (Wildman–Crippen LogP) is 3.22. The van der Waals surface area contributed by atoms with Gasteiger partial charge in [0.05, 0.1) is 16.8 Å². The third-order valence-corrected chi connectivity index (χ3v) is 5.61. The summed E-state index contributed by atoms with van der Waals surface area (Å²) in [7, 11) is 0. The van der Waals surface area contributed by atoms with Gasteiger partial charge in [0.2, 0.25) is 0 Å². The highest BCUT2D eigenvalue weighted by Crippen LogP contribution is 2.32. The number of rotatable bonds is 5. The minimum absolute atomic E-state index is 0.0265. The van der Waals surface area contributed by atoms with E-state index in [1.54, 1.807) is 18.2 Å². The molecule has 0 saturated carbocycles. The number of nitrogens with one attached hydrogen (secondary N) is 3. The van der Waals surface area contributed by atoms with Gasteiger partial charge in [0.15, 0.2) is 12.3 Å². The molecule has 1 aliphatic heterocycles. The summed E-state index contributed by atoms with van der Waals surface area (Å²) in [5.74, 6) is -2.59. The quantitative estimate of drug-likeness (QED) is 0.232. The van der Waals surface area contributed by atoms with Crippen molar-refractivity contribution in [3.63, 3.8) is 0 Å². The number of ether oxygens (including phenoxy) is 1. The number of carbonyl (C=O) groups is 3. The van der Waals surface area contributed by atoms with Crippen molar-refractivity contribution in [2.24, 2.45) is 5.73 Å². The fourth-order valence-corrected chi connectivity index (χ4v) is 3.70. The van der Waals surface area contributed by atoms with Gasteiger partial charge in [-0.3, -0.25) is 9.59 Å². The summed E-state index contributed by atoms with van der Waals surface area (Å²) in [5.41, 5.74) is 5.82. The van der Waals surface area contributed by atoms with Gasteiger partial charge < -0.3 is 31.2 Å². The average Bonchev–Trinajstić information content (AvgIpc) is 3.36. The highest BCUT2D eigenvalue weighted by molar-refractivity contribution is 6.08. The van der Waals surface area contributed by atoms with Gasteiger partial charge in [0, 0.05) is 19.3 Å². The third kappa shape index (κ3) is 6.15. The number of carboxylic acid groups (broad SMARTS) is 1. The smallest absolute Gasteiger partial charge is 0.419 e. The Morgan fingerprint density at radius 3 is 2.58 bits per heavy atom. The van der Waals surface area contributed by atoms with Crippen LogP contribution in [0.1, 0.15) is 37.5 Å². The van der Waals surface area contributed by atoms with E-state index in [4.69, 9.17) is 15.6 Å². The van der Waals surface area contributed by atoms with E-state index >= 15 is 0 Å². The number of aromatic nitrogens is 3. The van der Waals surface area contributed by atoms with Gasteiger partial charge in [-0.25, -0.2) is 19.2 Å². The Labute approximate surface area is 222 Å². The Morgan fingerprint density at radius 2 is 1.88 bits per heavy atom. The van der Waals surface area contributed by atoms with Gasteiger partial charge in [0.1, 0.15) is 29.0 Å². The molecule has 40 heavy (non-hydrogen) atoms. The summed E-state index contributed by atoms with van der Waals surface area (Å²) in [6.45, 7) is 0.116. The number of hydrogen-bond donors (Lipinski definition) is 5. The number of aromatic amines is 1. The zero-order valence-electron chi connectivity index (χ0n) is 20.3. The normalized spacial score (nSPS) is 12.5. The van der Waals surface area contributed by atoms with Crippen LogP contribution in [0.15, 0.2) is 48.9 Å². The van der Waals surface area contributed by atoms with Crippen molar-refractivity contribution < 1.29 is 41.8 Å². The number of benzene rings is 2. The first-order chi connectivity index (χ1) is 19.0. The lowest BCUT2D eigenvalue weighted by atomic mass is 10.1. The first-order valence-electron chi connectivity index (χ1n) is 11.4. The van der Waals surface area contributed by atoms with Crippen molar-refractivity contribution in [1.29, 1.82) is 0 Å². The van der Waals surface area contributed by atoms with Crippen LogP contribution in [0.5, 0.6) is 5.75 Å². The molecular weight excluding hydrogens is 540 g/mol. The van der Waals surface area contributed by atoms with E-state index in [-0.39, 0.29) is 53.5 Å². The Hall–Kier alpha value is -5.05. The second kappa shape index (κ2) is 11.4. The molecule has 0 bridgehead atoms. The van der Waals surface area contributed by atoms with E-state index in [1.807, 2.05) is 0 Å². The highest BCUT2D eigenvalue weighted by atomic mass is 19.4. The molecule has 0 spiro atoms. The molecule has 3 heterocycles. The van der Waals surface area contributed by atoms with Gasteiger partial charge in [-0.05, 0) is 35.4 Å². The summed E-state index contributed by atoms with van der Waals surface area (Å²) in [6.07, 6.45) is -2.25. The number of amides is 2. The maximum absolute atomic E-state index is 12.6. The maximum Gasteiger partial charge on any atom is 0.419 e.